The lowest BCUT2D eigenvalue weighted by Crippen LogP contribution is -2.36. The third-order valence-electron chi connectivity index (χ3n) is 5.98. The summed E-state index contributed by atoms with van der Waals surface area (Å²) in [7, 11) is 1.74. The monoisotopic (exact) mass is 530 g/mol. The van der Waals surface area contributed by atoms with Gasteiger partial charge < -0.3 is 25.3 Å². The quantitative estimate of drug-likeness (QED) is 0.314. The highest BCUT2D eigenvalue weighted by molar-refractivity contribution is 6.31. The van der Waals surface area contributed by atoms with E-state index in [2.05, 4.69) is 25.9 Å². The van der Waals surface area contributed by atoms with Crippen LogP contribution in [0.1, 0.15) is 22.5 Å². The van der Waals surface area contributed by atoms with E-state index in [1.54, 1.807) is 41.9 Å². The number of hydrogen-bond acceptors (Lipinski definition) is 6. The molecule has 1 fully saturated rings. The predicted octanol–water partition coefficient (Wildman–Crippen LogP) is 5.27. The minimum absolute atomic E-state index is 0.0705. The van der Waals surface area contributed by atoms with Crippen molar-refractivity contribution in [1.29, 1.82) is 0 Å². The summed E-state index contributed by atoms with van der Waals surface area (Å²) >= 11 is 5.72. The smallest absolute Gasteiger partial charge is 0.417 e. The minimum Gasteiger partial charge on any atom is -0.457 e. The number of halogens is 4. The average Bonchev–Trinajstić information content (AvgIpc) is 3.47. The molecule has 2 aromatic carbocycles. The normalized spacial score (nSPS) is 15.6. The maximum absolute atomic E-state index is 13.2. The second-order valence-electron chi connectivity index (χ2n) is 8.60. The zero-order chi connectivity index (χ0) is 26.2. The Labute approximate surface area is 214 Å². The van der Waals surface area contributed by atoms with E-state index in [4.69, 9.17) is 16.3 Å². The molecule has 1 aliphatic rings. The molecule has 0 bridgehead atoms. The second-order valence-corrected chi connectivity index (χ2v) is 9.01. The van der Waals surface area contributed by atoms with Gasteiger partial charge >= 0.3 is 6.18 Å². The summed E-state index contributed by atoms with van der Waals surface area (Å²) in [5.74, 6) is 0.970. The number of aromatic nitrogens is 3. The Morgan fingerprint density at radius 2 is 1.97 bits per heavy atom. The number of alkyl halides is 3. The van der Waals surface area contributed by atoms with Crippen LogP contribution in [0, 0.1) is 0 Å². The highest BCUT2D eigenvalue weighted by Crippen LogP contribution is 2.37. The number of fused-ring (bicyclic) bond motifs is 1. The van der Waals surface area contributed by atoms with Crippen LogP contribution in [0.15, 0.2) is 54.7 Å². The number of rotatable bonds is 6. The third kappa shape index (κ3) is 5.47. The van der Waals surface area contributed by atoms with Gasteiger partial charge in [-0.3, -0.25) is 9.78 Å². The van der Waals surface area contributed by atoms with Gasteiger partial charge in [-0.05, 0) is 49.4 Å². The first-order valence-electron chi connectivity index (χ1n) is 11.4. The maximum Gasteiger partial charge on any atom is 0.417 e. The van der Waals surface area contributed by atoms with E-state index in [0.717, 1.165) is 31.1 Å². The van der Waals surface area contributed by atoms with Crippen LogP contribution in [0.3, 0.4) is 0 Å². The molecule has 37 heavy (non-hydrogen) atoms. The van der Waals surface area contributed by atoms with Gasteiger partial charge in [0.1, 0.15) is 17.2 Å². The van der Waals surface area contributed by atoms with Crippen molar-refractivity contribution in [1.82, 2.24) is 25.2 Å². The minimum atomic E-state index is -4.57. The van der Waals surface area contributed by atoms with E-state index < -0.39 is 11.7 Å². The summed E-state index contributed by atoms with van der Waals surface area (Å²) in [5, 5.41) is 8.68. The van der Waals surface area contributed by atoms with Gasteiger partial charge in [0.15, 0.2) is 0 Å². The van der Waals surface area contributed by atoms with Crippen molar-refractivity contribution in [2.45, 2.75) is 18.6 Å². The van der Waals surface area contributed by atoms with E-state index in [9.17, 15) is 18.0 Å². The fourth-order valence-corrected chi connectivity index (χ4v) is 4.30. The van der Waals surface area contributed by atoms with Crippen LogP contribution in [0.5, 0.6) is 11.5 Å². The van der Waals surface area contributed by atoms with Gasteiger partial charge in [0.05, 0.1) is 21.6 Å². The number of imidazole rings is 1. The summed E-state index contributed by atoms with van der Waals surface area (Å²) < 4.78 is 47.3. The number of anilines is 2. The Hall–Kier alpha value is -3.83. The van der Waals surface area contributed by atoms with Crippen molar-refractivity contribution in [3.8, 4) is 11.5 Å². The Morgan fingerprint density at radius 1 is 1.16 bits per heavy atom. The van der Waals surface area contributed by atoms with Gasteiger partial charge in [0.2, 0.25) is 5.95 Å². The van der Waals surface area contributed by atoms with Crippen molar-refractivity contribution in [2.24, 2.45) is 7.05 Å². The largest absolute Gasteiger partial charge is 0.457 e. The van der Waals surface area contributed by atoms with Crippen LogP contribution in [0.25, 0.3) is 11.0 Å². The Morgan fingerprint density at radius 3 is 2.73 bits per heavy atom. The highest BCUT2D eigenvalue weighted by atomic mass is 35.5. The molecule has 4 aromatic rings. The number of amides is 1. The molecule has 0 radical (unpaired) electrons. The molecular formula is C25H22ClF3N6O2. The summed E-state index contributed by atoms with van der Waals surface area (Å²) in [5.41, 5.74) is 0.811. The van der Waals surface area contributed by atoms with Gasteiger partial charge in [-0.15, -0.1) is 0 Å². The standard InChI is InChI=1S/C25H22ClF3N6O2/c1-35-22-5-3-16(37-17-7-9-31-21(12-17)23(36)32-15-6-8-30-13-15)11-20(22)34-24(35)33-14-2-4-19(26)18(10-14)25(27,28)29/h2-5,7,9-12,15,30H,6,8,13H2,1H3,(H,32,36)(H,33,34)/t15-/m1/s1. The molecule has 5 rings (SSSR count). The maximum atomic E-state index is 13.2. The van der Waals surface area contributed by atoms with Crippen molar-refractivity contribution in [3.63, 3.8) is 0 Å². The molecule has 0 unspecified atom stereocenters. The lowest BCUT2D eigenvalue weighted by atomic mass is 10.2. The lowest BCUT2D eigenvalue weighted by molar-refractivity contribution is -0.137. The fraction of sp³-hybridized carbons (Fsp3) is 0.240. The molecular weight excluding hydrogens is 509 g/mol. The van der Waals surface area contributed by atoms with Gasteiger partial charge in [0.25, 0.3) is 5.91 Å². The van der Waals surface area contributed by atoms with E-state index in [1.807, 2.05) is 0 Å². The molecule has 1 saturated heterocycles. The Kier molecular flexibility index (Phi) is 6.65. The molecule has 8 nitrogen and oxygen atoms in total. The molecule has 0 aliphatic carbocycles. The van der Waals surface area contributed by atoms with Crippen LogP contribution in [0.4, 0.5) is 24.8 Å². The summed E-state index contributed by atoms with van der Waals surface area (Å²) in [6.07, 6.45) is -2.21. The van der Waals surface area contributed by atoms with E-state index in [-0.39, 0.29) is 28.4 Å². The molecule has 1 aliphatic heterocycles. The van der Waals surface area contributed by atoms with Crippen LogP contribution in [0.2, 0.25) is 5.02 Å². The number of hydrogen-bond donors (Lipinski definition) is 3. The van der Waals surface area contributed by atoms with Gasteiger partial charge in [-0.2, -0.15) is 13.2 Å². The molecule has 12 heteroatoms. The fourth-order valence-electron chi connectivity index (χ4n) is 4.08. The number of aryl methyl sites for hydroxylation is 1. The average molecular weight is 531 g/mol. The Balaban J connectivity index is 1.34. The topological polar surface area (TPSA) is 93.1 Å². The van der Waals surface area contributed by atoms with E-state index in [0.29, 0.717) is 23.0 Å². The van der Waals surface area contributed by atoms with Gasteiger partial charge in [-0.25, -0.2) is 4.98 Å². The summed E-state index contributed by atoms with van der Waals surface area (Å²) in [6, 6.07) is 12.1. The number of carbonyl (C=O) groups excluding carboxylic acids is 1. The zero-order valence-corrected chi connectivity index (χ0v) is 20.3. The third-order valence-corrected chi connectivity index (χ3v) is 6.31. The van der Waals surface area contributed by atoms with Crippen LogP contribution < -0.4 is 20.7 Å². The first-order valence-corrected chi connectivity index (χ1v) is 11.8. The van der Waals surface area contributed by atoms with E-state index >= 15 is 0 Å². The molecule has 192 valence electrons. The molecule has 0 spiro atoms. The predicted molar refractivity (Wildman–Crippen MR) is 134 cm³/mol. The van der Waals surface area contributed by atoms with Crippen LogP contribution in [-0.2, 0) is 13.2 Å². The van der Waals surface area contributed by atoms with Crippen molar-refractivity contribution < 1.29 is 22.7 Å². The summed E-state index contributed by atoms with van der Waals surface area (Å²) in [6.45, 7) is 1.59. The van der Waals surface area contributed by atoms with Crippen molar-refractivity contribution >= 4 is 40.2 Å². The SMILES string of the molecule is Cn1c(Nc2ccc(Cl)c(C(F)(F)F)c2)nc2cc(Oc3ccnc(C(=O)N[C@@H]4CCNC4)c3)ccc21. The first kappa shape index (κ1) is 24.8. The van der Waals surface area contributed by atoms with Gasteiger partial charge in [0, 0.05) is 43.7 Å². The molecule has 0 saturated carbocycles. The second kappa shape index (κ2) is 9.91. The molecule has 1 atom stereocenters. The first-order chi connectivity index (χ1) is 17.7. The number of pyridine rings is 1. The van der Waals surface area contributed by atoms with Gasteiger partial charge in [-0.1, -0.05) is 11.6 Å². The van der Waals surface area contributed by atoms with E-state index in [1.165, 1.54) is 18.3 Å². The van der Waals surface area contributed by atoms with Crippen molar-refractivity contribution in [2.75, 3.05) is 18.4 Å². The molecule has 3 heterocycles. The lowest BCUT2D eigenvalue weighted by Gasteiger charge is -2.12. The number of carbonyl (C=O) groups is 1. The number of ether oxygens (including phenoxy) is 1. The van der Waals surface area contributed by atoms with Crippen LogP contribution >= 0.6 is 11.6 Å². The Bertz CT molecular complexity index is 1470. The number of nitrogens with zero attached hydrogens (tertiary/aromatic N) is 3. The number of nitrogens with one attached hydrogen (secondary N) is 3. The number of benzene rings is 2. The molecule has 2 aromatic heterocycles. The van der Waals surface area contributed by atoms with Crippen LogP contribution in [-0.4, -0.2) is 39.6 Å². The summed E-state index contributed by atoms with van der Waals surface area (Å²) in [4.78, 5) is 21.2. The molecule has 1 amide bonds. The highest BCUT2D eigenvalue weighted by Gasteiger charge is 2.33. The molecule has 3 N–H and O–H groups in total. The van der Waals surface area contributed by atoms with Crippen molar-refractivity contribution in [3.05, 3.63) is 71.0 Å². The zero-order valence-electron chi connectivity index (χ0n) is 19.6.